The first-order valence-corrected chi connectivity index (χ1v) is 6.97. The minimum Gasteiger partial charge on any atom is -0.469 e. The highest BCUT2D eigenvalue weighted by atomic mass is 16.5. The molecule has 5 heteroatoms. The Kier molecular flexibility index (Phi) is 5.79. The molecule has 0 saturated carbocycles. The van der Waals surface area contributed by atoms with Crippen LogP contribution in [0.2, 0.25) is 0 Å². The van der Waals surface area contributed by atoms with Crippen LogP contribution in [0.5, 0.6) is 0 Å². The summed E-state index contributed by atoms with van der Waals surface area (Å²) in [4.78, 5) is 25.4. The maximum Gasteiger partial charge on any atom is 0.305 e. The van der Waals surface area contributed by atoms with E-state index in [4.69, 9.17) is 0 Å². The standard InChI is InChI=1S/C14H26N2O3/c1-11(2)14(7-8-15-10-14)13(18)16(3)9-5-6-12(17)19-4/h11,15H,5-10H2,1-4H3. The summed E-state index contributed by atoms with van der Waals surface area (Å²) in [5.41, 5.74) is -0.278. The fourth-order valence-electron chi connectivity index (χ4n) is 2.68. The summed E-state index contributed by atoms with van der Waals surface area (Å²) < 4.78 is 4.60. The van der Waals surface area contributed by atoms with Gasteiger partial charge < -0.3 is 15.0 Å². The number of carbonyl (C=O) groups excluding carboxylic acids is 2. The molecule has 1 aliphatic rings. The molecule has 1 N–H and O–H groups in total. The van der Waals surface area contributed by atoms with Crippen LogP contribution in [0.25, 0.3) is 0 Å². The van der Waals surface area contributed by atoms with E-state index < -0.39 is 0 Å². The van der Waals surface area contributed by atoms with Gasteiger partial charge in [0.05, 0.1) is 12.5 Å². The van der Waals surface area contributed by atoms with Gasteiger partial charge in [-0.15, -0.1) is 0 Å². The van der Waals surface area contributed by atoms with E-state index in [-0.39, 0.29) is 17.3 Å². The van der Waals surface area contributed by atoms with Crippen molar-refractivity contribution in [1.29, 1.82) is 0 Å². The van der Waals surface area contributed by atoms with Crippen LogP contribution in [-0.4, -0.2) is 50.6 Å². The number of ether oxygens (including phenoxy) is 1. The van der Waals surface area contributed by atoms with Gasteiger partial charge in [0.1, 0.15) is 0 Å². The molecule has 0 aromatic heterocycles. The third-order valence-corrected chi connectivity index (χ3v) is 4.17. The van der Waals surface area contributed by atoms with E-state index in [9.17, 15) is 9.59 Å². The van der Waals surface area contributed by atoms with Crippen LogP contribution in [0.4, 0.5) is 0 Å². The fourth-order valence-corrected chi connectivity index (χ4v) is 2.68. The molecule has 1 saturated heterocycles. The number of nitrogens with zero attached hydrogens (tertiary/aromatic N) is 1. The lowest BCUT2D eigenvalue weighted by atomic mass is 9.75. The number of rotatable bonds is 6. The number of nitrogens with one attached hydrogen (secondary N) is 1. The summed E-state index contributed by atoms with van der Waals surface area (Å²) >= 11 is 0. The van der Waals surface area contributed by atoms with Crippen LogP contribution in [0.3, 0.4) is 0 Å². The highest BCUT2D eigenvalue weighted by molar-refractivity contribution is 5.83. The van der Waals surface area contributed by atoms with Crippen LogP contribution in [0.1, 0.15) is 33.1 Å². The predicted octanol–water partition coefficient (Wildman–Crippen LogP) is 1.03. The molecule has 1 heterocycles. The Hall–Kier alpha value is -1.10. The molecule has 1 unspecified atom stereocenters. The van der Waals surface area contributed by atoms with Crippen molar-refractivity contribution in [3.8, 4) is 0 Å². The first-order chi connectivity index (χ1) is 8.94. The fraction of sp³-hybridized carbons (Fsp3) is 0.857. The maximum atomic E-state index is 12.6. The predicted molar refractivity (Wildman–Crippen MR) is 73.6 cm³/mol. The van der Waals surface area contributed by atoms with Crippen LogP contribution in [-0.2, 0) is 14.3 Å². The second-order valence-corrected chi connectivity index (χ2v) is 5.64. The number of methoxy groups -OCH3 is 1. The van der Waals surface area contributed by atoms with Gasteiger partial charge in [-0.25, -0.2) is 0 Å². The number of hydrogen-bond donors (Lipinski definition) is 1. The van der Waals surface area contributed by atoms with Crippen LogP contribution >= 0.6 is 0 Å². The Bertz CT molecular complexity index is 323. The first kappa shape index (κ1) is 16.0. The van der Waals surface area contributed by atoms with Gasteiger partial charge in [-0.3, -0.25) is 9.59 Å². The minimum atomic E-state index is -0.278. The van der Waals surface area contributed by atoms with Crippen molar-refractivity contribution in [2.45, 2.75) is 33.1 Å². The molecule has 1 atom stereocenters. The summed E-state index contributed by atoms with van der Waals surface area (Å²) in [5, 5.41) is 3.29. The lowest BCUT2D eigenvalue weighted by Gasteiger charge is -2.35. The van der Waals surface area contributed by atoms with E-state index >= 15 is 0 Å². The molecule has 1 rings (SSSR count). The molecule has 0 spiro atoms. The Morgan fingerprint density at radius 1 is 1.42 bits per heavy atom. The van der Waals surface area contributed by atoms with Gasteiger partial charge >= 0.3 is 5.97 Å². The molecule has 1 amide bonds. The average molecular weight is 270 g/mol. The SMILES string of the molecule is COC(=O)CCCN(C)C(=O)C1(C(C)C)CCNC1. The zero-order chi connectivity index (χ0) is 14.5. The molecule has 110 valence electrons. The van der Waals surface area contributed by atoms with E-state index in [1.807, 2.05) is 7.05 Å². The summed E-state index contributed by atoms with van der Waals surface area (Å²) in [6, 6.07) is 0. The van der Waals surface area contributed by atoms with Crippen molar-refractivity contribution in [2.24, 2.45) is 11.3 Å². The van der Waals surface area contributed by atoms with Crippen molar-refractivity contribution >= 4 is 11.9 Å². The van der Waals surface area contributed by atoms with Crippen molar-refractivity contribution in [3.05, 3.63) is 0 Å². The van der Waals surface area contributed by atoms with Gasteiger partial charge in [-0.05, 0) is 25.3 Å². The Morgan fingerprint density at radius 2 is 2.11 bits per heavy atom. The molecule has 0 aliphatic carbocycles. The molecular formula is C14H26N2O3. The van der Waals surface area contributed by atoms with Crippen LogP contribution in [0.15, 0.2) is 0 Å². The number of carbonyl (C=O) groups is 2. The van der Waals surface area contributed by atoms with Crippen molar-refractivity contribution in [3.63, 3.8) is 0 Å². The van der Waals surface area contributed by atoms with Gasteiger partial charge in [-0.1, -0.05) is 13.8 Å². The minimum absolute atomic E-state index is 0.192. The molecule has 19 heavy (non-hydrogen) atoms. The molecule has 1 aliphatic heterocycles. The first-order valence-electron chi connectivity index (χ1n) is 6.97. The van der Waals surface area contributed by atoms with Gasteiger partial charge in [-0.2, -0.15) is 0 Å². The summed E-state index contributed by atoms with van der Waals surface area (Å²) in [6.07, 6.45) is 1.91. The van der Waals surface area contributed by atoms with Crippen molar-refractivity contribution in [2.75, 3.05) is 33.8 Å². The van der Waals surface area contributed by atoms with E-state index in [0.717, 1.165) is 19.5 Å². The number of hydrogen-bond acceptors (Lipinski definition) is 4. The van der Waals surface area contributed by atoms with E-state index in [2.05, 4.69) is 23.9 Å². The van der Waals surface area contributed by atoms with Gasteiger partial charge in [0.2, 0.25) is 5.91 Å². The quantitative estimate of drug-likeness (QED) is 0.733. The highest BCUT2D eigenvalue weighted by Gasteiger charge is 2.45. The van der Waals surface area contributed by atoms with Crippen LogP contribution < -0.4 is 5.32 Å². The maximum absolute atomic E-state index is 12.6. The van der Waals surface area contributed by atoms with E-state index in [1.165, 1.54) is 7.11 Å². The second kappa shape index (κ2) is 6.89. The lowest BCUT2D eigenvalue weighted by molar-refractivity contribution is -0.144. The van der Waals surface area contributed by atoms with Gasteiger partial charge in [0.15, 0.2) is 0 Å². The third kappa shape index (κ3) is 3.69. The average Bonchev–Trinajstić information content (AvgIpc) is 2.88. The third-order valence-electron chi connectivity index (χ3n) is 4.17. The van der Waals surface area contributed by atoms with Crippen molar-refractivity contribution in [1.82, 2.24) is 10.2 Å². The second-order valence-electron chi connectivity index (χ2n) is 5.64. The molecule has 0 bridgehead atoms. The lowest BCUT2D eigenvalue weighted by Crippen LogP contribution is -2.47. The molecule has 0 aromatic carbocycles. The molecular weight excluding hydrogens is 244 g/mol. The Morgan fingerprint density at radius 3 is 2.58 bits per heavy atom. The smallest absolute Gasteiger partial charge is 0.305 e. The summed E-state index contributed by atoms with van der Waals surface area (Å²) in [5.74, 6) is 0.289. The van der Waals surface area contributed by atoms with Gasteiger partial charge in [0.25, 0.3) is 0 Å². The molecule has 1 fully saturated rings. The Labute approximate surface area is 115 Å². The largest absolute Gasteiger partial charge is 0.469 e. The number of esters is 1. The van der Waals surface area contributed by atoms with Crippen LogP contribution in [0, 0.1) is 11.3 Å². The highest BCUT2D eigenvalue weighted by Crippen LogP contribution is 2.35. The van der Waals surface area contributed by atoms with Gasteiger partial charge in [0, 0.05) is 26.6 Å². The number of amides is 1. The zero-order valence-electron chi connectivity index (χ0n) is 12.5. The molecule has 0 aromatic rings. The summed E-state index contributed by atoms with van der Waals surface area (Å²) in [7, 11) is 3.21. The Balaban J connectivity index is 2.53. The van der Waals surface area contributed by atoms with E-state index in [1.54, 1.807) is 4.90 Å². The monoisotopic (exact) mass is 270 g/mol. The molecule has 0 radical (unpaired) electrons. The normalized spacial score (nSPS) is 22.6. The zero-order valence-corrected chi connectivity index (χ0v) is 12.5. The van der Waals surface area contributed by atoms with E-state index in [0.29, 0.717) is 25.3 Å². The van der Waals surface area contributed by atoms with Crippen molar-refractivity contribution < 1.29 is 14.3 Å². The molecule has 5 nitrogen and oxygen atoms in total. The summed E-state index contributed by atoms with van der Waals surface area (Å²) in [6.45, 7) is 6.47. The topological polar surface area (TPSA) is 58.6 Å².